The van der Waals surface area contributed by atoms with Gasteiger partial charge >= 0.3 is 0 Å². The van der Waals surface area contributed by atoms with Gasteiger partial charge in [-0.1, -0.05) is 11.6 Å². The van der Waals surface area contributed by atoms with Crippen LogP contribution in [0.5, 0.6) is 0 Å². The number of halogens is 2. The molecule has 90 valence electrons. The first kappa shape index (κ1) is 13.6. The molecule has 0 amide bonds. The number of anilines is 1. The minimum Gasteiger partial charge on any atom is -0.383 e. The van der Waals surface area contributed by atoms with Crippen LogP contribution in [-0.4, -0.2) is 31.8 Å². The van der Waals surface area contributed by atoms with Gasteiger partial charge in [-0.25, -0.2) is 4.98 Å². The van der Waals surface area contributed by atoms with Gasteiger partial charge in [-0.15, -0.1) is 11.6 Å². The van der Waals surface area contributed by atoms with E-state index in [0.717, 1.165) is 5.82 Å². The molecule has 1 heterocycles. The Morgan fingerprint density at radius 3 is 2.75 bits per heavy atom. The molecule has 1 rings (SSSR count). The first-order valence-corrected chi connectivity index (χ1v) is 5.94. The second kappa shape index (κ2) is 6.28. The van der Waals surface area contributed by atoms with Crippen molar-refractivity contribution in [2.45, 2.75) is 18.8 Å². The predicted octanol–water partition coefficient (Wildman–Crippen LogP) is 2.94. The van der Waals surface area contributed by atoms with E-state index in [1.54, 1.807) is 7.11 Å². The van der Waals surface area contributed by atoms with E-state index in [9.17, 15) is 0 Å². The predicted molar refractivity (Wildman–Crippen MR) is 68.5 cm³/mol. The first-order chi connectivity index (χ1) is 7.60. The highest BCUT2D eigenvalue weighted by Gasteiger charge is 2.12. The van der Waals surface area contributed by atoms with Gasteiger partial charge in [-0.05, 0) is 19.1 Å². The number of ether oxygens (including phenoxy) is 1. The quantitative estimate of drug-likeness (QED) is 0.764. The summed E-state index contributed by atoms with van der Waals surface area (Å²) in [6.07, 6.45) is 0. The van der Waals surface area contributed by atoms with Gasteiger partial charge in [0.05, 0.1) is 29.2 Å². The molecule has 0 aliphatic heterocycles. The normalized spacial score (nSPS) is 12.6. The molecule has 0 saturated heterocycles. The summed E-state index contributed by atoms with van der Waals surface area (Å²) < 4.78 is 5.10. The van der Waals surface area contributed by atoms with Crippen molar-refractivity contribution in [2.24, 2.45) is 0 Å². The smallest absolute Gasteiger partial charge is 0.129 e. The number of pyridine rings is 1. The molecule has 16 heavy (non-hydrogen) atoms. The number of likely N-dealkylation sites (N-methyl/N-ethyl adjacent to an activating group) is 1. The SMILES string of the molecule is COCC(C)N(C)c1ccc(Cl)c(CCl)n1. The van der Waals surface area contributed by atoms with E-state index in [1.807, 2.05) is 24.1 Å². The van der Waals surface area contributed by atoms with E-state index in [4.69, 9.17) is 27.9 Å². The Kier molecular flexibility index (Phi) is 5.32. The van der Waals surface area contributed by atoms with Crippen molar-refractivity contribution in [3.8, 4) is 0 Å². The Morgan fingerprint density at radius 1 is 1.50 bits per heavy atom. The number of aromatic nitrogens is 1. The molecule has 0 saturated carbocycles. The van der Waals surface area contributed by atoms with E-state index in [1.165, 1.54) is 0 Å². The lowest BCUT2D eigenvalue weighted by molar-refractivity contribution is 0.183. The van der Waals surface area contributed by atoms with E-state index < -0.39 is 0 Å². The molecule has 0 radical (unpaired) electrons. The van der Waals surface area contributed by atoms with Crippen molar-refractivity contribution in [3.05, 3.63) is 22.8 Å². The summed E-state index contributed by atoms with van der Waals surface area (Å²) in [5.74, 6) is 1.17. The van der Waals surface area contributed by atoms with E-state index in [0.29, 0.717) is 23.2 Å². The molecule has 1 aromatic heterocycles. The van der Waals surface area contributed by atoms with Crippen molar-refractivity contribution >= 4 is 29.0 Å². The maximum Gasteiger partial charge on any atom is 0.129 e. The second-order valence-corrected chi connectivity index (χ2v) is 4.32. The van der Waals surface area contributed by atoms with Gasteiger partial charge in [0.1, 0.15) is 5.82 Å². The molecule has 1 atom stereocenters. The third-order valence-electron chi connectivity index (χ3n) is 2.46. The van der Waals surface area contributed by atoms with Gasteiger partial charge in [0, 0.05) is 14.2 Å². The highest BCUT2D eigenvalue weighted by atomic mass is 35.5. The van der Waals surface area contributed by atoms with Crippen LogP contribution in [0.15, 0.2) is 12.1 Å². The van der Waals surface area contributed by atoms with Gasteiger partial charge in [0.25, 0.3) is 0 Å². The summed E-state index contributed by atoms with van der Waals surface area (Å²) in [5, 5.41) is 0.603. The van der Waals surface area contributed by atoms with Gasteiger partial charge < -0.3 is 9.64 Å². The molecule has 3 nitrogen and oxygen atoms in total. The molecule has 0 aromatic carbocycles. The first-order valence-electron chi connectivity index (χ1n) is 5.03. The lowest BCUT2D eigenvalue weighted by Gasteiger charge is -2.25. The number of hydrogen-bond acceptors (Lipinski definition) is 3. The van der Waals surface area contributed by atoms with Gasteiger partial charge in [-0.2, -0.15) is 0 Å². The fourth-order valence-electron chi connectivity index (χ4n) is 1.34. The van der Waals surface area contributed by atoms with E-state index in [-0.39, 0.29) is 6.04 Å². The molecule has 5 heteroatoms. The van der Waals surface area contributed by atoms with Crippen LogP contribution in [0.1, 0.15) is 12.6 Å². The standard InChI is InChI=1S/C11H16Cl2N2O/c1-8(7-16-3)15(2)11-5-4-9(13)10(6-12)14-11/h4-5,8H,6-7H2,1-3H3. The number of alkyl halides is 1. The maximum atomic E-state index is 5.95. The van der Waals surface area contributed by atoms with Crippen LogP contribution in [0, 0.1) is 0 Å². The van der Waals surface area contributed by atoms with Crippen LogP contribution >= 0.6 is 23.2 Å². The summed E-state index contributed by atoms with van der Waals surface area (Å²) in [4.78, 5) is 6.44. The summed E-state index contributed by atoms with van der Waals surface area (Å²) >= 11 is 11.7. The highest BCUT2D eigenvalue weighted by molar-refractivity contribution is 6.32. The Bertz CT molecular complexity index is 347. The van der Waals surface area contributed by atoms with Crippen LogP contribution in [0.2, 0.25) is 5.02 Å². The third-order valence-corrected chi connectivity index (χ3v) is 3.06. The highest BCUT2D eigenvalue weighted by Crippen LogP contribution is 2.21. The molecular formula is C11H16Cl2N2O. The van der Waals surface area contributed by atoms with Gasteiger partial charge in [0.2, 0.25) is 0 Å². The average molecular weight is 263 g/mol. The minimum absolute atomic E-state index is 0.252. The maximum absolute atomic E-state index is 5.95. The monoisotopic (exact) mass is 262 g/mol. The summed E-state index contributed by atoms with van der Waals surface area (Å²) in [6, 6.07) is 3.95. The Hall–Kier alpha value is -0.510. The Labute approximate surface area is 106 Å². The Morgan fingerprint density at radius 2 is 2.19 bits per heavy atom. The minimum atomic E-state index is 0.252. The van der Waals surface area contributed by atoms with Crippen LogP contribution in [0.3, 0.4) is 0 Å². The van der Waals surface area contributed by atoms with Gasteiger partial charge in [0.15, 0.2) is 0 Å². The molecule has 1 unspecified atom stereocenters. The van der Waals surface area contributed by atoms with Crippen molar-refractivity contribution in [1.29, 1.82) is 0 Å². The third kappa shape index (κ3) is 3.24. The summed E-state index contributed by atoms with van der Waals surface area (Å²) in [5.41, 5.74) is 0.706. The summed E-state index contributed by atoms with van der Waals surface area (Å²) in [7, 11) is 3.65. The summed E-state index contributed by atoms with van der Waals surface area (Å²) in [6.45, 7) is 2.72. The fraction of sp³-hybridized carbons (Fsp3) is 0.545. The van der Waals surface area contributed by atoms with Crippen LogP contribution in [0.4, 0.5) is 5.82 Å². The molecule has 0 aliphatic rings. The van der Waals surface area contributed by atoms with E-state index in [2.05, 4.69) is 11.9 Å². The molecule has 0 aliphatic carbocycles. The lowest BCUT2D eigenvalue weighted by atomic mass is 10.3. The molecule has 0 fully saturated rings. The van der Waals surface area contributed by atoms with Crippen LogP contribution in [0.25, 0.3) is 0 Å². The zero-order valence-corrected chi connectivity index (χ0v) is 11.2. The molecule has 0 spiro atoms. The molecule has 0 bridgehead atoms. The largest absolute Gasteiger partial charge is 0.383 e. The topological polar surface area (TPSA) is 25.4 Å². The van der Waals surface area contributed by atoms with Crippen molar-refractivity contribution in [1.82, 2.24) is 4.98 Å². The van der Waals surface area contributed by atoms with Crippen LogP contribution in [-0.2, 0) is 10.6 Å². The van der Waals surface area contributed by atoms with E-state index >= 15 is 0 Å². The van der Waals surface area contributed by atoms with Crippen molar-refractivity contribution < 1.29 is 4.74 Å². The number of hydrogen-bond donors (Lipinski definition) is 0. The molecular weight excluding hydrogens is 247 g/mol. The number of nitrogens with zero attached hydrogens (tertiary/aromatic N) is 2. The number of rotatable bonds is 5. The zero-order valence-electron chi connectivity index (χ0n) is 9.70. The van der Waals surface area contributed by atoms with Crippen molar-refractivity contribution in [3.63, 3.8) is 0 Å². The number of methoxy groups -OCH3 is 1. The second-order valence-electron chi connectivity index (χ2n) is 3.65. The fourth-order valence-corrected chi connectivity index (χ4v) is 1.79. The average Bonchev–Trinajstić information content (AvgIpc) is 2.29. The molecule has 1 aromatic rings. The van der Waals surface area contributed by atoms with Gasteiger partial charge in [-0.3, -0.25) is 0 Å². The molecule has 0 N–H and O–H groups in total. The van der Waals surface area contributed by atoms with Crippen molar-refractivity contribution in [2.75, 3.05) is 25.7 Å². The lowest BCUT2D eigenvalue weighted by Crippen LogP contribution is -2.33. The Balaban J connectivity index is 2.87. The van der Waals surface area contributed by atoms with Crippen LogP contribution < -0.4 is 4.90 Å². The zero-order chi connectivity index (χ0) is 12.1.